The molecule has 0 aromatic heterocycles. The summed E-state index contributed by atoms with van der Waals surface area (Å²) in [4.78, 5) is 0. The minimum absolute atomic E-state index is 0.0884. The third-order valence-corrected chi connectivity index (χ3v) is 3.58. The Hall–Kier alpha value is -1.53. The summed E-state index contributed by atoms with van der Waals surface area (Å²) in [7, 11) is 0. The molecule has 0 heterocycles. The Morgan fingerprint density at radius 2 is 1.76 bits per heavy atom. The first-order valence-corrected chi connectivity index (χ1v) is 6.99. The highest BCUT2D eigenvalue weighted by Gasteiger charge is 2.10. The highest BCUT2D eigenvalue weighted by molar-refractivity contribution is 9.10. The molecule has 0 fully saturated rings. The fourth-order valence-corrected chi connectivity index (χ4v) is 2.36. The predicted molar refractivity (Wildman–Crippen MR) is 77.8 cm³/mol. The van der Waals surface area contributed by atoms with E-state index in [9.17, 15) is 13.2 Å². The molecule has 2 aromatic rings. The van der Waals surface area contributed by atoms with Crippen molar-refractivity contribution >= 4 is 15.9 Å². The molecule has 21 heavy (non-hydrogen) atoms. The SMILES string of the molecule is NC(Cc1ccc(F)c(Br)c1)c1ccc(OC(F)F)cc1. The lowest BCUT2D eigenvalue weighted by atomic mass is 10.00. The zero-order valence-corrected chi connectivity index (χ0v) is 12.5. The van der Waals surface area contributed by atoms with Crippen LogP contribution in [0.2, 0.25) is 0 Å². The summed E-state index contributed by atoms with van der Waals surface area (Å²) in [6.07, 6.45) is 0.508. The molecule has 0 aliphatic rings. The Labute approximate surface area is 128 Å². The third-order valence-electron chi connectivity index (χ3n) is 2.97. The van der Waals surface area contributed by atoms with Gasteiger partial charge in [-0.15, -0.1) is 0 Å². The van der Waals surface area contributed by atoms with Crippen LogP contribution in [0.25, 0.3) is 0 Å². The van der Waals surface area contributed by atoms with Gasteiger partial charge < -0.3 is 10.5 Å². The van der Waals surface area contributed by atoms with Gasteiger partial charge in [-0.25, -0.2) is 4.39 Å². The van der Waals surface area contributed by atoms with Crippen molar-refractivity contribution < 1.29 is 17.9 Å². The van der Waals surface area contributed by atoms with E-state index in [-0.39, 0.29) is 17.6 Å². The fourth-order valence-electron chi connectivity index (χ4n) is 1.93. The molecule has 0 amide bonds. The molecule has 0 radical (unpaired) electrons. The van der Waals surface area contributed by atoms with Gasteiger partial charge in [0.05, 0.1) is 4.47 Å². The molecule has 0 aliphatic carbocycles. The first-order valence-electron chi connectivity index (χ1n) is 6.20. The maximum Gasteiger partial charge on any atom is 0.387 e. The van der Waals surface area contributed by atoms with Gasteiger partial charge in [0.1, 0.15) is 11.6 Å². The highest BCUT2D eigenvalue weighted by Crippen LogP contribution is 2.23. The third kappa shape index (κ3) is 4.47. The molecule has 0 aliphatic heterocycles. The molecule has 2 rings (SSSR count). The van der Waals surface area contributed by atoms with E-state index in [1.807, 2.05) is 0 Å². The fraction of sp³-hybridized carbons (Fsp3) is 0.200. The van der Waals surface area contributed by atoms with Crippen LogP contribution in [-0.4, -0.2) is 6.61 Å². The molecule has 0 bridgehead atoms. The monoisotopic (exact) mass is 359 g/mol. The van der Waals surface area contributed by atoms with Crippen molar-refractivity contribution in [3.05, 3.63) is 63.9 Å². The second-order valence-corrected chi connectivity index (χ2v) is 5.36. The quantitative estimate of drug-likeness (QED) is 0.856. The number of hydrogen-bond acceptors (Lipinski definition) is 2. The molecular formula is C15H13BrF3NO. The minimum Gasteiger partial charge on any atom is -0.435 e. The lowest BCUT2D eigenvalue weighted by Gasteiger charge is -2.13. The van der Waals surface area contributed by atoms with E-state index in [0.717, 1.165) is 11.1 Å². The zero-order valence-electron chi connectivity index (χ0n) is 10.9. The maximum absolute atomic E-state index is 13.2. The molecule has 2 nitrogen and oxygen atoms in total. The Morgan fingerprint density at radius 3 is 2.33 bits per heavy atom. The van der Waals surface area contributed by atoms with Crippen LogP contribution in [0.4, 0.5) is 13.2 Å². The van der Waals surface area contributed by atoms with Crippen LogP contribution in [0.5, 0.6) is 5.75 Å². The number of hydrogen-bond donors (Lipinski definition) is 1. The van der Waals surface area contributed by atoms with Crippen molar-refractivity contribution in [2.24, 2.45) is 5.73 Å². The van der Waals surface area contributed by atoms with Gasteiger partial charge in [-0.1, -0.05) is 18.2 Å². The van der Waals surface area contributed by atoms with Crippen molar-refractivity contribution in [1.29, 1.82) is 0 Å². The van der Waals surface area contributed by atoms with Crippen LogP contribution >= 0.6 is 15.9 Å². The Morgan fingerprint density at radius 1 is 1.10 bits per heavy atom. The summed E-state index contributed by atoms with van der Waals surface area (Å²) in [5, 5.41) is 0. The van der Waals surface area contributed by atoms with E-state index in [1.165, 1.54) is 18.2 Å². The number of alkyl halides is 2. The summed E-state index contributed by atoms with van der Waals surface area (Å²) in [6, 6.07) is 10.6. The number of ether oxygens (including phenoxy) is 1. The molecule has 0 saturated heterocycles. The normalized spacial score (nSPS) is 12.5. The van der Waals surface area contributed by atoms with E-state index in [0.29, 0.717) is 10.9 Å². The summed E-state index contributed by atoms with van der Waals surface area (Å²) in [5.41, 5.74) is 7.74. The number of benzene rings is 2. The lowest BCUT2D eigenvalue weighted by Crippen LogP contribution is -2.13. The van der Waals surface area contributed by atoms with Gasteiger partial charge in [-0.2, -0.15) is 8.78 Å². The van der Waals surface area contributed by atoms with Gasteiger partial charge in [0.2, 0.25) is 0 Å². The van der Waals surface area contributed by atoms with E-state index in [1.54, 1.807) is 24.3 Å². The second kappa shape index (κ2) is 6.95. The summed E-state index contributed by atoms with van der Waals surface area (Å²) in [6.45, 7) is -2.85. The smallest absolute Gasteiger partial charge is 0.387 e. The van der Waals surface area contributed by atoms with Crippen LogP contribution in [0, 0.1) is 5.82 Å². The average molecular weight is 360 g/mol. The molecule has 0 saturated carbocycles. The maximum atomic E-state index is 13.2. The van der Waals surface area contributed by atoms with Gasteiger partial charge in [0.25, 0.3) is 0 Å². The van der Waals surface area contributed by atoms with E-state index in [4.69, 9.17) is 5.73 Å². The van der Waals surface area contributed by atoms with Crippen molar-refractivity contribution in [3.8, 4) is 5.75 Å². The largest absolute Gasteiger partial charge is 0.435 e. The molecular weight excluding hydrogens is 347 g/mol. The molecule has 1 unspecified atom stereocenters. The van der Waals surface area contributed by atoms with Crippen LogP contribution in [0.3, 0.4) is 0 Å². The number of rotatable bonds is 5. The summed E-state index contributed by atoms with van der Waals surface area (Å²) >= 11 is 3.12. The molecule has 2 aromatic carbocycles. The van der Waals surface area contributed by atoms with Gasteiger partial charge in [-0.3, -0.25) is 0 Å². The summed E-state index contributed by atoms with van der Waals surface area (Å²) < 4.78 is 41.9. The first kappa shape index (κ1) is 15.9. The summed E-state index contributed by atoms with van der Waals surface area (Å²) in [5.74, 6) is -0.244. The Bertz CT molecular complexity index is 604. The lowest BCUT2D eigenvalue weighted by molar-refractivity contribution is -0.0498. The van der Waals surface area contributed by atoms with Crippen LogP contribution < -0.4 is 10.5 Å². The van der Waals surface area contributed by atoms with Gasteiger partial charge in [0, 0.05) is 6.04 Å². The molecule has 112 valence electrons. The Kier molecular flexibility index (Phi) is 5.25. The first-order chi connectivity index (χ1) is 9.95. The van der Waals surface area contributed by atoms with E-state index in [2.05, 4.69) is 20.7 Å². The Balaban J connectivity index is 2.05. The van der Waals surface area contributed by atoms with Crippen LogP contribution in [-0.2, 0) is 6.42 Å². The standard InChI is InChI=1S/C15H13BrF3NO/c16-12-7-9(1-6-13(12)17)8-14(20)10-2-4-11(5-3-10)21-15(18)19/h1-7,14-15H,8,20H2. The topological polar surface area (TPSA) is 35.2 Å². The van der Waals surface area contributed by atoms with Crippen LogP contribution in [0.15, 0.2) is 46.9 Å². The average Bonchev–Trinajstić information content (AvgIpc) is 2.43. The molecule has 1 atom stereocenters. The van der Waals surface area contributed by atoms with Crippen molar-refractivity contribution in [2.45, 2.75) is 19.1 Å². The molecule has 2 N–H and O–H groups in total. The van der Waals surface area contributed by atoms with Crippen molar-refractivity contribution in [2.75, 3.05) is 0 Å². The highest BCUT2D eigenvalue weighted by atomic mass is 79.9. The van der Waals surface area contributed by atoms with Gasteiger partial charge in [-0.05, 0) is 57.7 Å². The van der Waals surface area contributed by atoms with E-state index >= 15 is 0 Å². The van der Waals surface area contributed by atoms with Crippen molar-refractivity contribution in [1.82, 2.24) is 0 Å². The van der Waals surface area contributed by atoms with Crippen LogP contribution in [0.1, 0.15) is 17.2 Å². The molecule has 0 spiro atoms. The number of halogens is 4. The van der Waals surface area contributed by atoms with Gasteiger partial charge >= 0.3 is 6.61 Å². The second-order valence-electron chi connectivity index (χ2n) is 4.51. The van der Waals surface area contributed by atoms with Crippen molar-refractivity contribution in [3.63, 3.8) is 0 Å². The predicted octanol–water partition coefficient (Wildman–Crippen LogP) is 4.43. The zero-order chi connectivity index (χ0) is 15.4. The number of nitrogens with two attached hydrogens (primary N) is 1. The van der Waals surface area contributed by atoms with E-state index < -0.39 is 6.61 Å². The minimum atomic E-state index is -2.85. The molecule has 6 heteroatoms. The van der Waals surface area contributed by atoms with Gasteiger partial charge in [0.15, 0.2) is 0 Å².